The molecule has 2 aliphatic rings. The predicted molar refractivity (Wildman–Crippen MR) is 79.9 cm³/mol. The van der Waals surface area contributed by atoms with E-state index in [1.54, 1.807) is 13.8 Å². The Hall–Kier alpha value is -1.34. The molecule has 3 rings (SSSR count). The zero-order valence-electron chi connectivity index (χ0n) is 11.7. The van der Waals surface area contributed by atoms with E-state index in [0.717, 1.165) is 6.07 Å². The van der Waals surface area contributed by atoms with E-state index in [1.807, 2.05) is 0 Å². The molecule has 7 heteroatoms. The van der Waals surface area contributed by atoms with Gasteiger partial charge in [0.2, 0.25) is 0 Å². The van der Waals surface area contributed by atoms with Gasteiger partial charge in [-0.25, -0.2) is 8.78 Å². The molecular weight excluding hydrogens is 296 g/mol. The van der Waals surface area contributed by atoms with Crippen LogP contribution >= 0.6 is 11.8 Å². The molecule has 1 aromatic carbocycles. The SMILES string of the molecule is C[C@H](O)[C@]12C[C@H]1[C@@](C)(c1cc(N)cc(F)c1F)N=C(N)S2. The highest BCUT2D eigenvalue weighted by Gasteiger charge is 2.68. The van der Waals surface area contributed by atoms with Crippen LogP contribution in [0.3, 0.4) is 0 Å². The Morgan fingerprint density at radius 1 is 1.43 bits per heavy atom. The maximum absolute atomic E-state index is 14.2. The van der Waals surface area contributed by atoms with E-state index in [9.17, 15) is 13.9 Å². The van der Waals surface area contributed by atoms with Crippen LogP contribution in [-0.4, -0.2) is 21.1 Å². The van der Waals surface area contributed by atoms with Gasteiger partial charge in [-0.05, 0) is 32.4 Å². The first-order chi connectivity index (χ1) is 9.70. The quantitative estimate of drug-likeness (QED) is 0.729. The molecule has 0 bridgehead atoms. The predicted octanol–water partition coefficient (Wildman–Crippen LogP) is 1.96. The minimum Gasteiger partial charge on any atom is -0.399 e. The number of nitrogens with zero attached hydrogens (tertiary/aromatic N) is 1. The lowest BCUT2D eigenvalue weighted by molar-refractivity contribution is 0.169. The fourth-order valence-corrected chi connectivity index (χ4v) is 4.76. The number of amidine groups is 1. The number of benzene rings is 1. The molecule has 0 amide bonds. The summed E-state index contributed by atoms with van der Waals surface area (Å²) in [4.78, 5) is 4.36. The summed E-state index contributed by atoms with van der Waals surface area (Å²) in [5.74, 6) is -2.07. The number of anilines is 1. The molecule has 0 saturated heterocycles. The van der Waals surface area contributed by atoms with Gasteiger partial charge in [0.15, 0.2) is 16.8 Å². The Morgan fingerprint density at radius 3 is 2.71 bits per heavy atom. The lowest BCUT2D eigenvalue weighted by Crippen LogP contribution is -2.40. The summed E-state index contributed by atoms with van der Waals surface area (Å²) in [6.45, 7) is 3.40. The molecule has 0 radical (unpaired) electrons. The van der Waals surface area contributed by atoms with Gasteiger partial charge in [-0.3, -0.25) is 4.99 Å². The molecule has 114 valence electrons. The van der Waals surface area contributed by atoms with Crippen LogP contribution in [0, 0.1) is 17.6 Å². The van der Waals surface area contributed by atoms with Gasteiger partial charge >= 0.3 is 0 Å². The number of aliphatic hydroxyl groups excluding tert-OH is 1. The van der Waals surface area contributed by atoms with Crippen molar-refractivity contribution in [2.75, 3.05) is 5.73 Å². The Kier molecular flexibility index (Phi) is 3.01. The number of fused-ring (bicyclic) bond motifs is 1. The molecule has 1 aliphatic heterocycles. The number of halogens is 2. The van der Waals surface area contributed by atoms with Crippen molar-refractivity contribution in [3.8, 4) is 0 Å². The van der Waals surface area contributed by atoms with Crippen LogP contribution in [-0.2, 0) is 5.54 Å². The van der Waals surface area contributed by atoms with Crippen molar-refractivity contribution in [3.05, 3.63) is 29.3 Å². The lowest BCUT2D eigenvalue weighted by atomic mass is 9.84. The third-order valence-corrected chi connectivity index (χ3v) is 6.04. The molecule has 0 aromatic heterocycles. The van der Waals surface area contributed by atoms with Crippen LogP contribution in [0.25, 0.3) is 0 Å². The van der Waals surface area contributed by atoms with E-state index >= 15 is 0 Å². The summed E-state index contributed by atoms with van der Waals surface area (Å²) < 4.78 is 27.4. The van der Waals surface area contributed by atoms with E-state index in [2.05, 4.69) is 4.99 Å². The Labute approximate surface area is 125 Å². The summed E-state index contributed by atoms with van der Waals surface area (Å²) in [5.41, 5.74) is 10.7. The molecule has 5 N–H and O–H groups in total. The summed E-state index contributed by atoms with van der Waals surface area (Å²) in [7, 11) is 0. The summed E-state index contributed by atoms with van der Waals surface area (Å²) in [6.07, 6.45) is 0.0288. The topological polar surface area (TPSA) is 84.6 Å². The smallest absolute Gasteiger partial charge is 0.164 e. The van der Waals surface area contributed by atoms with Crippen LogP contribution in [0.5, 0.6) is 0 Å². The number of nitrogens with two attached hydrogens (primary N) is 2. The van der Waals surface area contributed by atoms with Crippen molar-refractivity contribution in [1.29, 1.82) is 0 Å². The van der Waals surface area contributed by atoms with Gasteiger partial charge in [0.1, 0.15) is 0 Å². The molecule has 1 heterocycles. The maximum Gasteiger partial charge on any atom is 0.164 e. The van der Waals surface area contributed by atoms with Crippen molar-refractivity contribution in [2.24, 2.45) is 16.6 Å². The fraction of sp³-hybridized carbons (Fsp3) is 0.500. The number of thioether (sulfide) groups is 1. The molecule has 0 spiro atoms. The van der Waals surface area contributed by atoms with Crippen LogP contribution in [0.4, 0.5) is 14.5 Å². The average molecular weight is 313 g/mol. The highest BCUT2D eigenvalue weighted by Crippen LogP contribution is 2.67. The number of aliphatic hydroxyl groups is 1. The number of hydrogen-bond acceptors (Lipinski definition) is 5. The zero-order chi connectivity index (χ0) is 15.6. The van der Waals surface area contributed by atoms with E-state index in [-0.39, 0.29) is 22.3 Å². The first-order valence-corrected chi connectivity index (χ1v) is 7.50. The molecule has 1 aromatic rings. The number of hydrogen-bond donors (Lipinski definition) is 3. The lowest BCUT2D eigenvalue weighted by Gasteiger charge is -2.35. The Balaban J connectivity index is 2.16. The molecule has 4 atom stereocenters. The standard InChI is InChI=1S/C14H17F2N3OS/c1-6(20)14-5-10(14)13(2,19-12(18)21-14)8-3-7(17)4-9(15)11(8)16/h3-4,6,10,20H,5,17H2,1-2H3,(H2,18,19)/t6-,10-,13+,14+/m0/s1. The van der Waals surface area contributed by atoms with Gasteiger partial charge in [-0.2, -0.15) is 0 Å². The average Bonchev–Trinajstić information content (AvgIpc) is 3.10. The maximum atomic E-state index is 14.2. The normalized spacial score (nSPS) is 35.9. The second-order valence-electron chi connectivity index (χ2n) is 5.95. The van der Waals surface area contributed by atoms with Gasteiger partial charge < -0.3 is 16.6 Å². The van der Waals surface area contributed by atoms with Gasteiger partial charge in [0.05, 0.1) is 16.4 Å². The first-order valence-electron chi connectivity index (χ1n) is 6.68. The summed E-state index contributed by atoms with van der Waals surface area (Å²) in [6, 6.07) is 2.35. The molecule has 21 heavy (non-hydrogen) atoms. The van der Waals surface area contributed by atoms with Crippen molar-refractivity contribution in [1.82, 2.24) is 0 Å². The van der Waals surface area contributed by atoms with E-state index in [0.29, 0.717) is 6.42 Å². The third-order valence-electron chi connectivity index (χ3n) is 4.57. The molecular formula is C14H17F2N3OS. The molecule has 4 nitrogen and oxygen atoms in total. The second kappa shape index (κ2) is 4.33. The minimum atomic E-state index is -1.02. The van der Waals surface area contributed by atoms with Crippen LogP contribution in [0.1, 0.15) is 25.8 Å². The van der Waals surface area contributed by atoms with Gasteiger partial charge in [-0.1, -0.05) is 11.8 Å². The van der Waals surface area contributed by atoms with E-state index in [4.69, 9.17) is 11.5 Å². The van der Waals surface area contributed by atoms with Crippen molar-refractivity contribution >= 4 is 22.6 Å². The zero-order valence-corrected chi connectivity index (χ0v) is 12.5. The molecule has 0 unspecified atom stereocenters. The van der Waals surface area contributed by atoms with Crippen molar-refractivity contribution < 1.29 is 13.9 Å². The number of aliphatic imine (C=N–C) groups is 1. The first kappa shape index (κ1) is 14.6. The highest BCUT2D eigenvalue weighted by molar-refractivity contribution is 8.15. The Bertz CT molecular complexity index is 651. The van der Waals surface area contributed by atoms with Crippen LogP contribution < -0.4 is 11.5 Å². The monoisotopic (exact) mass is 313 g/mol. The second-order valence-corrected chi connectivity index (χ2v) is 7.33. The largest absolute Gasteiger partial charge is 0.399 e. The molecule has 1 fully saturated rings. The van der Waals surface area contributed by atoms with Gasteiger partial charge in [0.25, 0.3) is 0 Å². The van der Waals surface area contributed by atoms with E-state index < -0.39 is 28.0 Å². The van der Waals surface area contributed by atoms with Crippen molar-refractivity contribution in [2.45, 2.75) is 36.7 Å². The van der Waals surface area contributed by atoms with Crippen LogP contribution in [0.15, 0.2) is 17.1 Å². The molecule has 1 saturated carbocycles. The van der Waals surface area contributed by atoms with Crippen LogP contribution in [0.2, 0.25) is 0 Å². The summed E-state index contributed by atoms with van der Waals surface area (Å²) in [5, 5.41) is 10.3. The minimum absolute atomic E-state index is 0.0933. The summed E-state index contributed by atoms with van der Waals surface area (Å²) >= 11 is 1.31. The number of nitrogen functional groups attached to an aromatic ring is 1. The fourth-order valence-electron chi connectivity index (χ4n) is 3.34. The third kappa shape index (κ3) is 1.94. The van der Waals surface area contributed by atoms with E-state index in [1.165, 1.54) is 17.8 Å². The Morgan fingerprint density at radius 2 is 2.10 bits per heavy atom. The highest BCUT2D eigenvalue weighted by atomic mass is 32.2. The van der Waals surface area contributed by atoms with Crippen molar-refractivity contribution in [3.63, 3.8) is 0 Å². The molecule has 1 aliphatic carbocycles. The van der Waals surface area contributed by atoms with Gasteiger partial charge in [-0.15, -0.1) is 0 Å². The van der Waals surface area contributed by atoms with Gasteiger partial charge in [0, 0.05) is 17.2 Å². The number of rotatable bonds is 2.